The van der Waals surface area contributed by atoms with Crippen LogP contribution >= 0.6 is 0 Å². The lowest BCUT2D eigenvalue weighted by atomic mass is 10.3. The molecule has 0 aliphatic carbocycles. The van der Waals surface area contributed by atoms with Gasteiger partial charge in [-0.05, 0) is 42.5 Å². The number of nitrogens with two attached hydrogens (primary N) is 1. The summed E-state index contributed by atoms with van der Waals surface area (Å²) >= 11 is 0. The Morgan fingerprint density at radius 1 is 0.700 bits per heavy atom. The lowest BCUT2D eigenvalue weighted by molar-refractivity contribution is -0.386. The third-order valence-electron chi connectivity index (χ3n) is 3.66. The Bertz CT molecular complexity index is 1090. The number of nitrogen functional groups attached to an aromatic ring is 1. The van der Waals surface area contributed by atoms with Crippen LogP contribution in [0.2, 0.25) is 0 Å². The zero-order chi connectivity index (χ0) is 21.2. The van der Waals surface area contributed by atoms with E-state index in [9.17, 15) is 10.1 Å². The van der Waals surface area contributed by atoms with Crippen LogP contribution in [0.1, 0.15) is 0 Å². The lowest BCUT2D eigenvalue weighted by Crippen LogP contribution is -1.95. The van der Waals surface area contributed by atoms with E-state index in [1.54, 1.807) is 42.6 Å². The smallest absolute Gasteiger partial charge is 0.331 e. The molecule has 0 radical (unpaired) electrons. The van der Waals surface area contributed by atoms with E-state index in [0.717, 1.165) is 5.75 Å². The van der Waals surface area contributed by atoms with Gasteiger partial charge in [0.2, 0.25) is 5.88 Å². The molecule has 0 unspecified atom stereocenters. The van der Waals surface area contributed by atoms with E-state index >= 15 is 0 Å². The monoisotopic (exact) mass is 402 g/mol. The zero-order valence-electron chi connectivity index (χ0n) is 15.8. The normalized spacial score (nSPS) is 9.73. The Kier molecular flexibility index (Phi) is 6.88. The van der Waals surface area contributed by atoms with E-state index in [-0.39, 0.29) is 11.6 Å². The van der Waals surface area contributed by atoms with Gasteiger partial charge in [-0.3, -0.25) is 10.1 Å². The van der Waals surface area contributed by atoms with Crippen molar-refractivity contribution in [1.82, 2.24) is 9.97 Å². The maximum Gasteiger partial charge on any atom is 0.331 e. The van der Waals surface area contributed by atoms with Gasteiger partial charge in [-0.15, -0.1) is 0 Å². The number of pyridine rings is 2. The number of para-hydroxylation sites is 2. The Labute approximate surface area is 172 Å². The Morgan fingerprint density at radius 2 is 1.20 bits per heavy atom. The van der Waals surface area contributed by atoms with Crippen molar-refractivity contribution in [2.45, 2.75) is 0 Å². The van der Waals surface area contributed by atoms with Crippen LogP contribution in [0.4, 0.5) is 11.4 Å². The van der Waals surface area contributed by atoms with Crippen molar-refractivity contribution in [3.05, 3.63) is 107 Å². The summed E-state index contributed by atoms with van der Waals surface area (Å²) in [6, 6.07) is 24.6. The lowest BCUT2D eigenvalue weighted by Gasteiger charge is -2.05. The highest BCUT2D eigenvalue weighted by molar-refractivity contribution is 5.48. The SMILES string of the molecule is Nc1cccnc1Oc1ccccc1.O=[N+]([O-])c1cccnc1Oc1ccccc1. The largest absolute Gasteiger partial charge is 0.437 e. The number of nitro groups is 1. The first kappa shape index (κ1) is 20.3. The molecule has 0 bridgehead atoms. The molecule has 0 aliphatic heterocycles. The minimum Gasteiger partial charge on any atom is -0.437 e. The minimum absolute atomic E-state index is 0.00120. The molecular weight excluding hydrogens is 384 g/mol. The van der Waals surface area contributed by atoms with Crippen LogP contribution in [0, 0.1) is 10.1 Å². The summed E-state index contributed by atoms with van der Waals surface area (Å²) in [4.78, 5) is 18.0. The van der Waals surface area contributed by atoms with Gasteiger partial charge in [0.15, 0.2) is 0 Å². The topological polar surface area (TPSA) is 113 Å². The summed E-state index contributed by atoms with van der Waals surface area (Å²) in [7, 11) is 0. The molecule has 2 aromatic carbocycles. The molecule has 0 saturated carbocycles. The van der Waals surface area contributed by atoms with Gasteiger partial charge in [-0.2, -0.15) is 0 Å². The molecule has 0 fully saturated rings. The molecule has 30 heavy (non-hydrogen) atoms. The molecule has 2 aromatic heterocycles. The van der Waals surface area contributed by atoms with Crippen LogP contribution in [0.5, 0.6) is 23.3 Å². The van der Waals surface area contributed by atoms with Crippen molar-refractivity contribution in [2.24, 2.45) is 0 Å². The number of hydrogen-bond donors (Lipinski definition) is 1. The van der Waals surface area contributed by atoms with Crippen molar-refractivity contribution in [3.8, 4) is 23.3 Å². The Morgan fingerprint density at radius 3 is 1.73 bits per heavy atom. The second-order valence-electron chi connectivity index (χ2n) is 5.81. The molecule has 0 aliphatic rings. The van der Waals surface area contributed by atoms with Gasteiger partial charge in [0.05, 0.1) is 10.6 Å². The third-order valence-corrected chi connectivity index (χ3v) is 3.66. The number of nitrogens with zero attached hydrogens (tertiary/aromatic N) is 3. The highest BCUT2D eigenvalue weighted by Gasteiger charge is 2.15. The number of rotatable bonds is 5. The van der Waals surface area contributed by atoms with Gasteiger partial charge in [-0.25, -0.2) is 9.97 Å². The number of ether oxygens (including phenoxy) is 2. The fourth-order valence-electron chi connectivity index (χ4n) is 2.29. The summed E-state index contributed by atoms with van der Waals surface area (Å²) in [5, 5.41) is 10.7. The van der Waals surface area contributed by atoms with Crippen molar-refractivity contribution in [1.29, 1.82) is 0 Å². The number of benzene rings is 2. The Hall–Kier alpha value is -4.46. The Balaban J connectivity index is 0.000000172. The van der Waals surface area contributed by atoms with Crippen molar-refractivity contribution >= 4 is 11.4 Å². The van der Waals surface area contributed by atoms with Crippen molar-refractivity contribution < 1.29 is 14.4 Å². The second-order valence-corrected chi connectivity index (χ2v) is 5.81. The van der Waals surface area contributed by atoms with Crippen LogP contribution in [0.25, 0.3) is 0 Å². The summed E-state index contributed by atoms with van der Waals surface area (Å²) in [6.45, 7) is 0. The molecule has 0 spiro atoms. The second kappa shape index (κ2) is 10.2. The summed E-state index contributed by atoms with van der Waals surface area (Å²) in [5.41, 5.74) is 6.07. The highest BCUT2D eigenvalue weighted by atomic mass is 16.6. The van der Waals surface area contributed by atoms with E-state index in [1.165, 1.54) is 18.3 Å². The maximum absolute atomic E-state index is 10.7. The molecule has 0 amide bonds. The third kappa shape index (κ3) is 5.77. The average Bonchev–Trinajstić information content (AvgIpc) is 2.78. The molecular formula is C22H18N4O4. The predicted octanol–water partition coefficient (Wildman–Crippen LogP) is 5.24. The van der Waals surface area contributed by atoms with Gasteiger partial charge >= 0.3 is 5.69 Å². The predicted molar refractivity (Wildman–Crippen MR) is 113 cm³/mol. The van der Waals surface area contributed by atoms with Gasteiger partial charge in [0.25, 0.3) is 5.88 Å². The summed E-state index contributed by atoms with van der Waals surface area (Å²) in [5.74, 6) is 1.69. The molecule has 2 heterocycles. The molecule has 0 atom stereocenters. The highest BCUT2D eigenvalue weighted by Crippen LogP contribution is 2.28. The van der Waals surface area contributed by atoms with E-state index in [2.05, 4.69) is 9.97 Å². The summed E-state index contributed by atoms with van der Waals surface area (Å²) in [6.07, 6.45) is 3.10. The number of hydrogen-bond acceptors (Lipinski definition) is 7. The molecule has 4 aromatic rings. The quantitative estimate of drug-likeness (QED) is 0.359. The first-order valence-electron chi connectivity index (χ1n) is 8.89. The average molecular weight is 402 g/mol. The minimum atomic E-state index is -0.523. The van der Waals surface area contributed by atoms with Crippen LogP contribution in [-0.4, -0.2) is 14.9 Å². The van der Waals surface area contributed by atoms with Crippen LogP contribution in [-0.2, 0) is 0 Å². The van der Waals surface area contributed by atoms with Crippen molar-refractivity contribution in [3.63, 3.8) is 0 Å². The van der Waals surface area contributed by atoms with Gasteiger partial charge in [-0.1, -0.05) is 36.4 Å². The van der Waals surface area contributed by atoms with E-state index in [4.69, 9.17) is 15.2 Å². The fraction of sp³-hybridized carbons (Fsp3) is 0. The van der Waals surface area contributed by atoms with Gasteiger partial charge in [0.1, 0.15) is 11.5 Å². The standard InChI is InChI=1S/C11H8N2O3.C11H10N2O/c14-13(15)10-7-4-8-12-11(10)16-9-5-2-1-3-6-9;12-10-7-4-8-13-11(10)14-9-5-2-1-3-6-9/h1-8H;1-8H,12H2. The van der Waals surface area contributed by atoms with E-state index in [1.807, 2.05) is 36.4 Å². The van der Waals surface area contributed by atoms with Gasteiger partial charge < -0.3 is 15.2 Å². The first-order valence-corrected chi connectivity index (χ1v) is 8.89. The number of anilines is 1. The van der Waals surface area contributed by atoms with E-state index < -0.39 is 4.92 Å². The van der Waals surface area contributed by atoms with Crippen LogP contribution in [0.3, 0.4) is 0 Å². The van der Waals surface area contributed by atoms with Crippen molar-refractivity contribution in [2.75, 3.05) is 5.73 Å². The fourth-order valence-corrected chi connectivity index (χ4v) is 2.29. The van der Waals surface area contributed by atoms with Gasteiger partial charge in [0, 0.05) is 18.5 Å². The molecule has 8 heteroatoms. The molecule has 8 nitrogen and oxygen atoms in total. The van der Waals surface area contributed by atoms with Crippen LogP contribution < -0.4 is 15.2 Å². The maximum atomic E-state index is 10.7. The molecule has 150 valence electrons. The number of aromatic nitrogens is 2. The molecule has 4 rings (SSSR count). The first-order chi connectivity index (χ1) is 14.6. The molecule has 0 saturated heterocycles. The molecule has 2 N–H and O–H groups in total. The van der Waals surface area contributed by atoms with E-state index in [0.29, 0.717) is 17.3 Å². The van der Waals surface area contributed by atoms with Crippen LogP contribution in [0.15, 0.2) is 97.3 Å². The summed E-state index contributed by atoms with van der Waals surface area (Å²) < 4.78 is 10.8. The zero-order valence-corrected chi connectivity index (χ0v) is 15.8.